The van der Waals surface area contributed by atoms with E-state index in [0.29, 0.717) is 5.69 Å². The summed E-state index contributed by atoms with van der Waals surface area (Å²) >= 11 is 0. The first kappa shape index (κ1) is 23.5. The minimum atomic E-state index is -3.92. The van der Waals surface area contributed by atoms with E-state index in [-0.39, 0.29) is 27.9 Å². The van der Waals surface area contributed by atoms with Crippen LogP contribution in [0, 0.1) is 6.92 Å². The molecule has 2 aromatic carbocycles. The molecule has 9 nitrogen and oxygen atoms in total. The number of nitrogens with one attached hydrogen (secondary N) is 1. The molecular formula is C21H22N2O7S2. The SMILES string of the molecule is Cc1cccc(NS(=O)(=O)c2cccc(C(=O)OCc3ccc(S(=O)(=O)N(C)C)o3)c2)c1. The van der Waals surface area contributed by atoms with Gasteiger partial charge in [0, 0.05) is 19.8 Å². The van der Waals surface area contributed by atoms with Gasteiger partial charge in [0.05, 0.1) is 10.5 Å². The average molecular weight is 479 g/mol. The van der Waals surface area contributed by atoms with E-state index in [2.05, 4.69) is 4.72 Å². The summed E-state index contributed by atoms with van der Waals surface area (Å²) in [5.41, 5.74) is 1.31. The molecule has 0 saturated carbocycles. The van der Waals surface area contributed by atoms with Crippen molar-refractivity contribution in [2.24, 2.45) is 0 Å². The van der Waals surface area contributed by atoms with Crippen LogP contribution in [-0.4, -0.2) is 41.2 Å². The number of hydrogen-bond donors (Lipinski definition) is 1. The summed E-state index contributed by atoms with van der Waals surface area (Å²) < 4.78 is 63.3. The topological polar surface area (TPSA) is 123 Å². The van der Waals surface area contributed by atoms with Crippen molar-refractivity contribution < 1.29 is 30.8 Å². The van der Waals surface area contributed by atoms with Crippen molar-refractivity contribution in [2.75, 3.05) is 18.8 Å². The summed E-state index contributed by atoms with van der Waals surface area (Å²) in [5, 5.41) is -0.274. The van der Waals surface area contributed by atoms with Crippen LogP contribution in [0.2, 0.25) is 0 Å². The summed E-state index contributed by atoms with van der Waals surface area (Å²) in [4.78, 5) is 12.3. The van der Waals surface area contributed by atoms with Gasteiger partial charge in [0.25, 0.3) is 20.0 Å². The van der Waals surface area contributed by atoms with Crippen LogP contribution in [0.25, 0.3) is 0 Å². The van der Waals surface area contributed by atoms with Crippen LogP contribution in [0.3, 0.4) is 0 Å². The minimum absolute atomic E-state index is 0.0183. The van der Waals surface area contributed by atoms with E-state index in [9.17, 15) is 21.6 Å². The maximum absolute atomic E-state index is 12.7. The average Bonchev–Trinajstić information content (AvgIpc) is 3.21. The fourth-order valence-corrected chi connectivity index (χ4v) is 4.59. The lowest BCUT2D eigenvalue weighted by atomic mass is 10.2. The van der Waals surface area contributed by atoms with Crippen LogP contribution in [-0.2, 0) is 31.4 Å². The van der Waals surface area contributed by atoms with E-state index >= 15 is 0 Å². The molecule has 170 valence electrons. The molecule has 3 aromatic rings. The lowest BCUT2D eigenvalue weighted by Crippen LogP contribution is -2.21. The predicted molar refractivity (Wildman–Crippen MR) is 117 cm³/mol. The number of carbonyl (C=O) groups is 1. The maximum Gasteiger partial charge on any atom is 0.338 e. The second-order valence-corrected chi connectivity index (χ2v) is 10.9. The van der Waals surface area contributed by atoms with E-state index in [4.69, 9.17) is 9.15 Å². The monoisotopic (exact) mass is 478 g/mol. The molecule has 0 unspecified atom stereocenters. The fourth-order valence-electron chi connectivity index (χ4n) is 2.69. The molecular weight excluding hydrogens is 456 g/mol. The summed E-state index contributed by atoms with van der Waals surface area (Å²) in [5.74, 6) is -0.658. The van der Waals surface area contributed by atoms with Crippen LogP contribution < -0.4 is 4.72 Å². The van der Waals surface area contributed by atoms with Crippen LogP contribution in [0.5, 0.6) is 0 Å². The van der Waals surface area contributed by atoms with Crippen LogP contribution in [0.4, 0.5) is 5.69 Å². The molecule has 0 aliphatic heterocycles. The molecule has 0 atom stereocenters. The highest BCUT2D eigenvalue weighted by Crippen LogP contribution is 2.20. The Morgan fingerprint density at radius 1 is 1.00 bits per heavy atom. The van der Waals surface area contributed by atoms with Gasteiger partial charge in [-0.25, -0.2) is 25.9 Å². The predicted octanol–water partition coefficient (Wildman–Crippen LogP) is 3.00. The highest BCUT2D eigenvalue weighted by Gasteiger charge is 2.22. The van der Waals surface area contributed by atoms with Gasteiger partial charge in [-0.05, 0) is 55.0 Å². The lowest BCUT2D eigenvalue weighted by molar-refractivity contribution is 0.0440. The summed E-state index contributed by atoms with van der Waals surface area (Å²) in [6, 6.07) is 14.9. The number of benzene rings is 2. The smallest absolute Gasteiger partial charge is 0.338 e. The molecule has 11 heteroatoms. The van der Waals surface area contributed by atoms with Gasteiger partial charge in [-0.2, -0.15) is 0 Å². The number of aryl methyl sites for hydroxylation is 1. The third kappa shape index (κ3) is 5.36. The molecule has 0 spiro atoms. The molecule has 0 aliphatic carbocycles. The zero-order valence-electron chi connectivity index (χ0n) is 17.6. The zero-order valence-corrected chi connectivity index (χ0v) is 19.2. The largest absolute Gasteiger partial charge is 0.454 e. The van der Waals surface area contributed by atoms with Crippen LogP contribution >= 0.6 is 0 Å². The number of sulfonamides is 2. The third-order valence-electron chi connectivity index (χ3n) is 4.37. The molecule has 0 saturated heterocycles. The number of ether oxygens (including phenoxy) is 1. The van der Waals surface area contributed by atoms with Crippen LogP contribution in [0.15, 0.2) is 75.1 Å². The molecule has 0 fully saturated rings. The first-order chi connectivity index (χ1) is 15.0. The number of carbonyl (C=O) groups excluding carboxylic acids is 1. The van der Waals surface area contributed by atoms with Gasteiger partial charge in [0.15, 0.2) is 0 Å². The third-order valence-corrected chi connectivity index (χ3v) is 7.44. The molecule has 32 heavy (non-hydrogen) atoms. The van der Waals surface area contributed by atoms with Crippen molar-refractivity contribution in [1.82, 2.24) is 4.31 Å². The molecule has 3 rings (SSSR count). The number of anilines is 1. The van der Waals surface area contributed by atoms with Gasteiger partial charge >= 0.3 is 5.97 Å². The Kier molecular flexibility index (Phi) is 6.72. The molecule has 1 heterocycles. The molecule has 1 aromatic heterocycles. The quantitative estimate of drug-likeness (QED) is 0.494. The van der Waals surface area contributed by atoms with E-state index in [1.54, 1.807) is 18.2 Å². The number of nitrogens with zero attached hydrogens (tertiary/aromatic N) is 1. The second-order valence-electron chi connectivity index (χ2n) is 7.09. The molecule has 0 radical (unpaired) electrons. The molecule has 1 N–H and O–H groups in total. The highest BCUT2D eigenvalue weighted by atomic mass is 32.2. The number of rotatable bonds is 8. The van der Waals surface area contributed by atoms with Crippen LogP contribution in [0.1, 0.15) is 21.7 Å². The molecule has 0 amide bonds. The number of esters is 1. The Hall–Kier alpha value is -3.15. The van der Waals surface area contributed by atoms with Gasteiger partial charge in [0.1, 0.15) is 12.4 Å². The van der Waals surface area contributed by atoms with Gasteiger partial charge < -0.3 is 9.15 Å². The second kappa shape index (κ2) is 9.15. The van der Waals surface area contributed by atoms with Crippen molar-refractivity contribution in [1.29, 1.82) is 0 Å². The Morgan fingerprint density at radius 3 is 2.41 bits per heavy atom. The van der Waals surface area contributed by atoms with Gasteiger partial charge in [-0.3, -0.25) is 4.72 Å². The molecule has 0 bridgehead atoms. The summed E-state index contributed by atoms with van der Waals surface area (Å²) in [6.45, 7) is 1.52. The van der Waals surface area contributed by atoms with E-state index in [0.717, 1.165) is 9.87 Å². The van der Waals surface area contributed by atoms with Gasteiger partial charge in [0.2, 0.25) is 5.09 Å². The van der Waals surface area contributed by atoms with Crippen molar-refractivity contribution in [3.63, 3.8) is 0 Å². The maximum atomic E-state index is 12.7. The van der Waals surface area contributed by atoms with Gasteiger partial charge in [-0.1, -0.05) is 18.2 Å². The van der Waals surface area contributed by atoms with E-state index < -0.39 is 26.0 Å². The minimum Gasteiger partial charge on any atom is -0.454 e. The first-order valence-electron chi connectivity index (χ1n) is 9.37. The Labute approximate surface area is 186 Å². The normalized spacial score (nSPS) is 12.0. The first-order valence-corrected chi connectivity index (χ1v) is 12.3. The van der Waals surface area contributed by atoms with Gasteiger partial charge in [-0.15, -0.1) is 0 Å². The zero-order chi connectivity index (χ0) is 23.5. The van der Waals surface area contributed by atoms with Crippen molar-refractivity contribution in [3.8, 4) is 0 Å². The Balaban J connectivity index is 1.71. The highest BCUT2D eigenvalue weighted by molar-refractivity contribution is 7.92. The Morgan fingerprint density at radius 2 is 1.72 bits per heavy atom. The Bertz CT molecular complexity index is 1340. The summed E-state index contributed by atoms with van der Waals surface area (Å²) in [7, 11) is -4.93. The molecule has 0 aliphatic rings. The lowest BCUT2D eigenvalue weighted by Gasteiger charge is -2.10. The standard InChI is InChI=1S/C21H22N2O7S2/c1-15-6-4-8-17(12-15)22-31(25,26)19-9-5-7-16(13-19)21(24)29-14-18-10-11-20(30-18)32(27,28)23(2)3/h4-13,22H,14H2,1-3H3. The van der Waals surface area contributed by atoms with Crippen molar-refractivity contribution in [2.45, 2.75) is 23.5 Å². The van der Waals surface area contributed by atoms with E-state index in [1.165, 1.54) is 50.5 Å². The number of furan rings is 1. The van der Waals surface area contributed by atoms with Crippen molar-refractivity contribution >= 4 is 31.7 Å². The number of hydrogen-bond acceptors (Lipinski definition) is 7. The summed E-state index contributed by atoms with van der Waals surface area (Å²) in [6.07, 6.45) is 0. The van der Waals surface area contributed by atoms with Crippen molar-refractivity contribution in [3.05, 3.63) is 77.6 Å². The fraction of sp³-hybridized carbons (Fsp3) is 0.190. The van der Waals surface area contributed by atoms with E-state index in [1.807, 2.05) is 13.0 Å².